The van der Waals surface area contributed by atoms with E-state index in [0.29, 0.717) is 0 Å². The summed E-state index contributed by atoms with van der Waals surface area (Å²) in [5.41, 5.74) is 9.34. The molecule has 0 fully saturated rings. The van der Waals surface area contributed by atoms with Crippen LogP contribution in [0.5, 0.6) is 0 Å². The molecule has 0 atom stereocenters. The minimum Gasteiger partial charge on any atom is -0.455 e. The van der Waals surface area contributed by atoms with Gasteiger partial charge in [0.2, 0.25) is 0 Å². The van der Waals surface area contributed by atoms with Crippen LogP contribution in [0, 0.1) is 0 Å². The van der Waals surface area contributed by atoms with E-state index in [0.717, 1.165) is 27.3 Å². The third-order valence-corrected chi connectivity index (χ3v) is 11.8. The average molecular weight is 697 g/mol. The third kappa shape index (κ3) is 4.41. The van der Waals surface area contributed by atoms with Gasteiger partial charge in [-0.2, -0.15) is 0 Å². The van der Waals surface area contributed by atoms with Crippen molar-refractivity contribution in [3.63, 3.8) is 0 Å². The van der Waals surface area contributed by atoms with E-state index in [9.17, 15) is 0 Å². The van der Waals surface area contributed by atoms with Gasteiger partial charge in [0.05, 0.1) is 0 Å². The maximum absolute atomic E-state index is 6.68. The second-order valence-electron chi connectivity index (χ2n) is 14.7. The Morgan fingerprint density at radius 3 is 1.31 bits per heavy atom. The van der Waals surface area contributed by atoms with Crippen molar-refractivity contribution >= 4 is 86.6 Å². The van der Waals surface area contributed by atoms with Gasteiger partial charge in [-0.25, -0.2) is 0 Å². The second-order valence-corrected chi connectivity index (χ2v) is 14.7. The first-order valence-corrected chi connectivity index (χ1v) is 19.0. The molecule has 0 radical (unpaired) electrons. The van der Waals surface area contributed by atoms with Crippen LogP contribution in [-0.4, -0.2) is 0 Å². The van der Waals surface area contributed by atoms with Gasteiger partial charge < -0.3 is 4.42 Å². The van der Waals surface area contributed by atoms with Gasteiger partial charge in [-0.05, 0) is 111 Å². The van der Waals surface area contributed by atoms with Crippen molar-refractivity contribution in [1.82, 2.24) is 0 Å². The van der Waals surface area contributed by atoms with Crippen molar-refractivity contribution in [3.8, 4) is 33.4 Å². The largest absolute Gasteiger partial charge is 0.455 e. The second kappa shape index (κ2) is 11.6. The lowest BCUT2D eigenvalue weighted by Crippen LogP contribution is -1.93. The third-order valence-electron chi connectivity index (χ3n) is 11.8. The molecule has 1 heteroatoms. The molecule has 0 aliphatic carbocycles. The molecule has 12 aromatic rings. The molecule has 0 amide bonds. The molecule has 11 aromatic carbocycles. The molecule has 0 unspecified atom stereocenters. The molecule has 0 bridgehead atoms. The van der Waals surface area contributed by atoms with Crippen LogP contribution in [0.1, 0.15) is 0 Å². The summed E-state index contributed by atoms with van der Waals surface area (Å²) in [5.74, 6) is 0. The molecule has 0 aliphatic heterocycles. The van der Waals surface area contributed by atoms with Crippen LogP contribution >= 0.6 is 0 Å². The number of benzene rings is 11. The summed E-state index contributed by atoms with van der Waals surface area (Å²) in [4.78, 5) is 0. The average Bonchev–Trinajstić information content (AvgIpc) is 3.61. The molecule has 1 heterocycles. The molecule has 254 valence electrons. The van der Waals surface area contributed by atoms with E-state index in [1.54, 1.807) is 0 Å². The standard InChI is InChI=1S/C54H32O/c1-2-16-35-31-51-49(30-34(35)15-1)50-32-48(39-21-7-12-26-47(39)54(50)55-51)40-28-29-46(38-20-6-5-19-37(38)40)53-44-24-10-8-22-42(44)52(43-23-9-11-25-45(43)53)41-27-13-17-33-14-3-4-18-36(33)41/h1-32H. The lowest BCUT2D eigenvalue weighted by Gasteiger charge is -2.20. The van der Waals surface area contributed by atoms with E-state index in [1.165, 1.54) is 92.6 Å². The minimum absolute atomic E-state index is 0.918. The van der Waals surface area contributed by atoms with Crippen molar-refractivity contribution in [2.75, 3.05) is 0 Å². The highest BCUT2D eigenvalue weighted by Crippen LogP contribution is 2.49. The van der Waals surface area contributed by atoms with Gasteiger partial charge in [-0.1, -0.05) is 176 Å². The summed E-state index contributed by atoms with van der Waals surface area (Å²) in [5, 5.41) is 17.0. The topological polar surface area (TPSA) is 13.1 Å². The zero-order chi connectivity index (χ0) is 36.0. The Balaban J connectivity index is 1.15. The van der Waals surface area contributed by atoms with E-state index >= 15 is 0 Å². The van der Waals surface area contributed by atoms with Gasteiger partial charge in [-0.3, -0.25) is 0 Å². The van der Waals surface area contributed by atoms with Crippen LogP contribution in [0.25, 0.3) is 120 Å². The molecule has 0 saturated carbocycles. The number of rotatable bonds is 3. The number of furan rings is 1. The maximum atomic E-state index is 6.68. The zero-order valence-corrected chi connectivity index (χ0v) is 29.9. The van der Waals surface area contributed by atoms with E-state index < -0.39 is 0 Å². The Morgan fingerprint density at radius 2 is 0.673 bits per heavy atom. The molecule has 1 aromatic heterocycles. The van der Waals surface area contributed by atoms with E-state index in [2.05, 4.69) is 194 Å². The smallest absolute Gasteiger partial charge is 0.143 e. The Bertz CT molecular complexity index is 3490. The normalized spacial score (nSPS) is 12.0. The maximum Gasteiger partial charge on any atom is 0.143 e. The van der Waals surface area contributed by atoms with Crippen molar-refractivity contribution in [2.24, 2.45) is 0 Å². The van der Waals surface area contributed by atoms with E-state index in [4.69, 9.17) is 4.42 Å². The quantitative estimate of drug-likeness (QED) is 0.168. The SMILES string of the molecule is c1ccc2cc3c(cc2c1)oc1c2ccccc2c(-c2ccc(-c4c5ccccc5c(-c5cccc6ccccc56)c5ccccc45)c4ccccc24)cc31. The number of hydrogen-bond donors (Lipinski definition) is 0. The fourth-order valence-electron chi connectivity index (χ4n) is 9.41. The molecule has 0 aliphatic rings. The molecule has 0 N–H and O–H groups in total. The molecule has 1 nitrogen and oxygen atoms in total. The molecular weight excluding hydrogens is 665 g/mol. The van der Waals surface area contributed by atoms with Gasteiger partial charge in [0.15, 0.2) is 0 Å². The molecule has 0 saturated heterocycles. The summed E-state index contributed by atoms with van der Waals surface area (Å²) in [7, 11) is 0. The van der Waals surface area contributed by atoms with Crippen molar-refractivity contribution in [2.45, 2.75) is 0 Å². The predicted octanol–water partition coefficient (Wildman–Crippen LogP) is 15.5. The summed E-state index contributed by atoms with van der Waals surface area (Å²) in [6.07, 6.45) is 0. The lowest BCUT2D eigenvalue weighted by atomic mass is 9.82. The van der Waals surface area contributed by atoms with Crippen molar-refractivity contribution < 1.29 is 4.42 Å². The molecular formula is C54H32O. The Labute approximate surface area is 317 Å². The van der Waals surface area contributed by atoms with Crippen molar-refractivity contribution in [1.29, 1.82) is 0 Å². The summed E-state index contributed by atoms with van der Waals surface area (Å²) < 4.78 is 6.68. The van der Waals surface area contributed by atoms with Crippen LogP contribution in [0.2, 0.25) is 0 Å². The first-order chi connectivity index (χ1) is 27.3. The Hall–Kier alpha value is -7.22. The monoisotopic (exact) mass is 696 g/mol. The summed E-state index contributed by atoms with van der Waals surface area (Å²) in [6, 6.07) is 71.1. The minimum atomic E-state index is 0.918. The Morgan fingerprint density at radius 1 is 0.236 bits per heavy atom. The van der Waals surface area contributed by atoms with Crippen LogP contribution in [0.3, 0.4) is 0 Å². The molecule has 55 heavy (non-hydrogen) atoms. The van der Waals surface area contributed by atoms with Gasteiger partial charge in [0, 0.05) is 16.2 Å². The van der Waals surface area contributed by atoms with Gasteiger partial charge in [0.1, 0.15) is 11.2 Å². The highest BCUT2D eigenvalue weighted by molar-refractivity contribution is 6.27. The molecule has 12 rings (SSSR count). The summed E-state index contributed by atoms with van der Waals surface area (Å²) >= 11 is 0. The van der Waals surface area contributed by atoms with Gasteiger partial charge in [0.25, 0.3) is 0 Å². The van der Waals surface area contributed by atoms with Crippen LogP contribution < -0.4 is 0 Å². The van der Waals surface area contributed by atoms with E-state index in [1.807, 2.05) is 0 Å². The summed E-state index contributed by atoms with van der Waals surface area (Å²) in [6.45, 7) is 0. The van der Waals surface area contributed by atoms with Crippen LogP contribution in [0.15, 0.2) is 199 Å². The fourth-order valence-corrected chi connectivity index (χ4v) is 9.41. The van der Waals surface area contributed by atoms with Crippen LogP contribution in [-0.2, 0) is 0 Å². The highest BCUT2D eigenvalue weighted by atomic mass is 16.3. The first-order valence-electron chi connectivity index (χ1n) is 19.0. The number of hydrogen-bond acceptors (Lipinski definition) is 1. The first kappa shape index (κ1) is 30.3. The van der Waals surface area contributed by atoms with E-state index in [-0.39, 0.29) is 0 Å². The van der Waals surface area contributed by atoms with Crippen molar-refractivity contribution in [3.05, 3.63) is 194 Å². The number of fused-ring (bicyclic) bond motifs is 10. The van der Waals surface area contributed by atoms with Gasteiger partial charge >= 0.3 is 0 Å². The zero-order valence-electron chi connectivity index (χ0n) is 29.9. The van der Waals surface area contributed by atoms with Crippen LogP contribution in [0.4, 0.5) is 0 Å². The highest BCUT2D eigenvalue weighted by Gasteiger charge is 2.21. The Kier molecular flexibility index (Phi) is 6.40. The molecule has 0 spiro atoms. The van der Waals surface area contributed by atoms with Gasteiger partial charge in [-0.15, -0.1) is 0 Å². The predicted molar refractivity (Wildman–Crippen MR) is 235 cm³/mol. The fraction of sp³-hybridized carbons (Fsp3) is 0. The lowest BCUT2D eigenvalue weighted by molar-refractivity contribution is 0.673.